The molecule has 1 unspecified atom stereocenters. The summed E-state index contributed by atoms with van der Waals surface area (Å²) in [6.07, 6.45) is 4.26. The van der Waals surface area contributed by atoms with Crippen LogP contribution in [0.5, 0.6) is 5.75 Å². The molecule has 0 bridgehead atoms. The van der Waals surface area contributed by atoms with Crippen LogP contribution < -0.4 is 5.32 Å². The van der Waals surface area contributed by atoms with Gasteiger partial charge in [-0.3, -0.25) is 0 Å². The summed E-state index contributed by atoms with van der Waals surface area (Å²) in [6.45, 7) is 0. The van der Waals surface area contributed by atoms with E-state index < -0.39 is 0 Å². The molecule has 1 aliphatic heterocycles. The normalized spacial score (nSPS) is 17.3. The molecule has 17 heavy (non-hydrogen) atoms. The molecule has 2 nitrogen and oxygen atoms in total. The molecule has 2 N–H and O–H groups in total. The highest BCUT2D eigenvalue weighted by molar-refractivity contribution is 5.71. The van der Waals surface area contributed by atoms with Crippen LogP contribution in [-0.4, -0.2) is 5.11 Å². The Labute approximate surface area is 100 Å². The Kier molecular flexibility index (Phi) is 2.33. The molecule has 0 saturated carbocycles. The summed E-state index contributed by atoms with van der Waals surface area (Å²) in [6, 6.07) is 15.7. The van der Waals surface area contributed by atoms with Gasteiger partial charge in [0, 0.05) is 5.69 Å². The average molecular weight is 223 g/mol. The summed E-state index contributed by atoms with van der Waals surface area (Å²) < 4.78 is 0. The van der Waals surface area contributed by atoms with Crippen LogP contribution >= 0.6 is 0 Å². The van der Waals surface area contributed by atoms with E-state index in [1.807, 2.05) is 24.3 Å². The van der Waals surface area contributed by atoms with Gasteiger partial charge in [-0.05, 0) is 29.3 Å². The van der Waals surface area contributed by atoms with E-state index in [4.69, 9.17) is 0 Å². The molecule has 1 aliphatic rings. The summed E-state index contributed by atoms with van der Waals surface area (Å²) in [7, 11) is 0. The maximum Gasteiger partial charge on any atom is 0.115 e. The monoisotopic (exact) mass is 223 g/mol. The lowest BCUT2D eigenvalue weighted by atomic mass is 10.00. The van der Waals surface area contributed by atoms with Crippen molar-refractivity contribution in [2.75, 3.05) is 5.32 Å². The van der Waals surface area contributed by atoms with E-state index in [1.54, 1.807) is 12.1 Å². The lowest BCUT2D eigenvalue weighted by Crippen LogP contribution is -2.11. The zero-order chi connectivity index (χ0) is 11.7. The molecule has 2 heteroatoms. The van der Waals surface area contributed by atoms with Gasteiger partial charge >= 0.3 is 0 Å². The van der Waals surface area contributed by atoms with Crippen molar-refractivity contribution >= 4 is 11.8 Å². The first-order valence-corrected chi connectivity index (χ1v) is 5.66. The minimum absolute atomic E-state index is 0.172. The first-order valence-electron chi connectivity index (χ1n) is 5.66. The topological polar surface area (TPSA) is 32.3 Å². The van der Waals surface area contributed by atoms with Crippen molar-refractivity contribution < 1.29 is 5.11 Å². The molecule has 0 radical (unpaired) electrons. The SMILES string of the molecule is Oc1ccc(C2C=Cc3ccccc3N2)cc1. The van der Waals surface area contributed by atoms with Crippen molar-refractivity contribution in [3.8, 4) is 5.75 Å². The number of nitrogens with one attached hydrogen (secondary N) is 1. The molecule has 84 valence electrons. The van der Waals surface area contributed by atoms with Crippen LogP contribution in [0.3, 0.4) is 0 Å². The molecule has 0 aliphatic carbocycles. The smallest absolute Gasteiger partial charge is 0.115 e. The van der Waals surface area contributed by atoms with Crippen LogP contribution in [0.1, 0.15) is 17.2 Å². The fourth-order valence-electron chi connectivity index (χ4n) is 2.07. The van der Waals surface area contributed by atoms with Crippen molar-refractivity contribution in [2.45, 2.75) is 6.04 Å². The Morgan fingerprint density at radius 1 is 0.941 bits per heavy atom. The zero-order valence-corrected chi connectivity index (χ0v) is 9.30. The number of phenols is 1. The lowest BCUT2D eigenvalue weighted by molar-refractivity contribution is 0.475. The third-order valence-electron chi connectivity index (χ3n) is 2.99. The Morgan fingerprint density at radius 2 is 1.71 bits per heavy atom. The van der Waals surface area contributed by atoms with Gasteiger partial charge in [0.15, 0.2) is 0 Å². The molecule has 0 saturated heterocycles. The van der Waals surface area contributed by atoms with Crippen LogP contribution in [0.15, 0.2) is 54.6 Å². The Bertz CT molecular complexity index is 557. The number of fused-ring (bicyclic) bond motifs is 1. The fraction of sp³-hybridized carbons (Fsp3) is 0.0667. The van der Waals surface area contributed by atoms with Crippen LogP contribution in [0.4, 0.5) is 5.69 Å². The van der Waals surface area contributed by atoms with Crippen molar-refractivity contribution in [2.24, 2.45) is 0 Å². The summed E-state index contributed by atoms with van der Waals surface area (Å²) in [4.78, 5) is 0. The second-order valence-corrected chi connectivity index (χ2v) is 4.16. The predicted molar refractivity (Wildman–Crippen MR) is 69.9 cm³/mol. The van der Waals surface area contributed by atoms with E-state index in [9.17, 15) is 5.11 Å². The van der Waals surface area contributed by atoms with Crippen molar-refractivity contribution in [3.63, 3.8) is 0 Å². The van der Waals surface area contributed by atoms with Crippen LogP contribution in [0, 0.1) is 0 Å². The highest BCUT2D eigenvalue weighted by Gasteiger charge is 2.13. The molecular formula is C15H13NO. The molecule has 0 aromatic heterocycles. The van der Waals surface area contributed by atoms with Gasteiger partial charge in [-0.2, -0.15) is 0 Å². The standard InChI is InChI=1S/C15H13NO/c17-13-8-5-12(6-9-13)15-10-7-11-3-1-2-4-14(11)16-15/h1-10,15-17H. The molecule has 2 aromatic carbocycles. The molecule has 2 aromatic rings. The number of benzene rings is 2. The number of aromatic hydroxyl groups is 1. The first-order chi connectivity index (χ1) is 8.33. The van der Waals surface area contributed by atoms with Gasteiger partial charge in [0.05, 0.1) is 6.04 Å². The number of hydrogen-bond donors (Lipinski definition) is 2. The van der Waals surface area contributed by atoms with Gasteiger partial charge in [-0.25, -0.2) is 0 Å². The molecule has 0 amide bonds. The van der Waals surface area contributed by atoms with Gasteiger partial charge in [0.1, 0.15) is 5.75 Å². The number of para-hydroxylation sites is 1. The van der Waals surface area contributed by atoms with E-state index in [0.29, 0.717) is 5.75 Å². The maximum absolute atomic E-state index is 9.27. The maximum atomic E-state index is 9.27. The fourth-order valence-corrected chi connectivity index (χ4v) is 2.07. The van der Waals surface area contributed by atoms with Crippen LogP contribution in [0.25, 0.3) is 6.08 Å². The van der Waals surface area contributed by atoms with Gasteiger partial charge in [0.2, 0.25) is 0 Å². The lowest BCUT2D eigenvalue weighted by Gasteiger charge is -2.22. The summed E-state index contributed by atoms with van der Waals surface area (Å²) in [5.74, 6) is 0.300. The Hall–Kier alpha value is -2.22. The minimum atomic E-state index is 0.172. The third kappa shape index (κ3) is 1.89. The number of hydrogen-bond acceptors (Lipinski definition) is 2. The number of anilines is 1. The number of phenolic OH excluding ortho intramolecular Hbond substituents is 1. The summed E-state index contributed by atoms with van der Waals surface area (Å²) in [5, 5.41) is 12.7. The third-order valence-corrected chi connectivity index (χ3v) is 2.99. The van der Waals surface area contributed by atoms with Crippen LogP contribution in [-0.2, 0) is 0 Å². The van der Waals surface area contributed by atoms with E-state index in [-0.39, 0.29) is 6.04 Å². The molecular weight excluding hydrogens is 210 g/mol. The van der Waals surface area contributed by atoms with E-state index >= 15 is 0 Å². The summed E-state index contributed by atoms with van der Waals surface area (Å²) in [5.41, 5.74) is 3.50. The van der Waals surface area contributed by atoms with Gasteiger partial charge in [-0.1, -0.05) is 42.5 Å². The van der Waals surface area contributed by atoms with Crippen molar-refractivity contribution in [1.29, 1.82) is 0 Å². The van der Waals surface area contributed by atoms with E-state index in [1.165, 1.54) is 5.56 Å². The van der Waals surface area contributed by atoms with Gasteiger partial charge in [-0.15, -0.1) is 0 Å². The molecule has 0 fully saturated rings. The molecule has 1 heterocycles. The highest BCUT2D eigenvalue weighted by Crippen LogP contribution is 2.30. The second kappa shape index (κ2) is 3.98. The quantitative estimate of drug-likeness (QED) is 0.774. The van der Waals surface area contributed by atoms with Crippen molar-refractivity contribution in [1.82, 2.24) is 0 Å². The van der Waals surface area contributed by atoms with E-state index in [0.717, 1.165) is 11.3 Å². The van der Waals surface area contributed by atoms with E-state index in [2.05, 4.69) is 29.6 Å². The largest absolute Gasteiger partial charge is 0.508 e. The van der Waals surface area contributed by atoms with Crippen molar-refractivity contribution in [3.05, 3.63) is 65.7 Å². The Morgan fingerprint density at radius 3 is 2.53 bits per heavy atom. The van der Waals surface area contributed by atoms with Gasteiger partial charge in [0.25, 0.3) is 0 Å². The van der Waals surface area contributed by atoms with Gasteiger partial charge < -0.3 is 10.4 Å². The molecule has 1 atom stereocenters. The molecule has 3 rings (SSSR count). The predicted octanol–water partition coefficient (Wildman–Crippen LogP) is 3.57. The zero-order valence-electron chi connectivity index (χ0n) is 9.30. The second-order valence-electron chi connectivity index (χ2n) is 4.16. The number of rotatable bonds is 1. The van der Waals surface area contributed by atoms with Crippen LogP contribution in [0.2, 0.25) is 0 Å². The Balaban J connectivity index is 1.92. The highest BCUT2D eigenvalue weighted by atomic mass is 16.3. The minimum Gasteiger partial charge on any atom is -0.508 e. The summed E-state index contributed by atoms with van der Waals surface area (Å²) >= 11 is 0. The average Bonchev–Trinajstić information content (AvgIpc) is 2.39. The molecule has 0 spiro atoms. The first kappa shape index (κ1) is 9.97.